The Morgan fingerprint density at radius 1 is 0.439 bits per heavy atom. The number of nitrogen functional groups attached to an aromatic ring is 2. The van der Waals surface area contributed by atoms with Crippen LogP contribution in [0.5, 0.6) is 11.5 Å². The van der Waals surface area contributed by atoms with Gasteiger partial charge >= 0.3 is 0 Å². The van der Waals surface area contributed by atoms with Crippen LogP contribution < -0.4 is 20.9 Å². The molecule has 0 saturated carbocycles. The zero-order valence-electron chi connectivity index (χ0n) is 36.5. The molecular formula is C56H42N4O4S2. The molecule has 4 aromatic heterocycles. The van der Waals surface area contributed by atoms with E-state index in [0.717, 1.165) is 89.3 Å². The number of hydrogen-bond donors (Lipinski definition) is 2. The third kappa shape index (κ3) is 7.76. The maximum atomic E-state index is 14.2. The number of rotatable bonds is 11. The lowest BCUT2D eigenvalue weighted by Crippen LogP contribution is -2.03. The summed E-state index contributed by atoms with van der Waals surface area (Å²) in [7, 11) is 3.28. The van der Waals surface area contributed by atoms with E-state index >= 15 is 0 Å². The van der Waals surface area contributed by atoms with Gasteiger partial charge < -0.3 is 20.9 Å². The van der Waals surface area contributed by atoms with Crippen molar-refractivity contribution < 1.29 is 19.1 Å². The number of carbonyl (C=O) groups excluding carboxylic acids is 2. The minimum atomic E-state index is -0.180. The first-order valence-electron chi connectivity index (χ1n) is 21.3. The summed E-state index contributed by atoms with van der Waals surface area (Å²) >= 11 is 2.61. The van der Waals surface area contributed by atoms with E-state index in [-0.39, 0.29) is 11.6 Å². The Bertz CT molecular complexity index is 3230. The smallest absolute Gasteiger partial charge is 0.205 e. The van der Waals surface area contributed by atoms with Crippen molar-refractivity contribution in [3.8, 4) is 67.4 Å². The third-order valence-corrected chi connectivity index (χ3v) is 14.1. The molecule has 10 heteroatoms. The number of nitrogens with two attached hydrogens (primary N) is 2. The molecule has 0 radical (unpaired) electrons. The summed E-state index contributed by atoms with van der Waals surface area (Å²) in [5.74, 6) is 1.15. The van der Waals surface area contributed by atoms with Crippen molar-refractivity contribution in [2.75, 3.05) is 25.7 Å². The van der Waals surface area contributed by atoms with Gasteiger partial charge in [0, 0.05) is 33.0 Å². The molecule has 0 unspecified atom stereocenters. The molecule has 8 nitrogen and oxygen atoms in total. The molecule has 0 saturated heterocycles. The summed E-state index contributed by atoms with van der Waals surface area (Å²) in [4.78, 5) is 40.7. The van der Waals surface area contributed by atoms with E-state index in [1.807, 2.05) is 109 Å². The minimum absolute atomic E-state index is 0.180. The van der Waals surface area contributed by atoms with Crippen LogP contribution in [0.3, 0.4) is 0 Å². The quantitative estimate of drug-likeness (QED) is 0.123. The van der Waals surface area contributed by atoms with E-state index in [0.29, 0.717) is 41.9 Å². The molecule has 10 aromatic rings. The molecule has 4 heterocycles. The molecule has 0 bridgehead atoms. The Balaban J connectivity index is 0.935. The maximum Gasteiger partial charge on any atom is 0.205 e. The number of ether oxygens (including phenoxy) is 2. The van der Waals surface area contributed by atoms with Gasteiger partial charge in [0.1, 0.15) is 30.9 Å². The molecule has 0 amide bonds. The standard InChI is InChI=1S/C56H42N4O4S2/c1-31-5-9-35(10-6-31)43-29-45(37-21-25-41(63-3)26-22-37)59-55-47(43)49(57)53(65-55)51(61)39-17-13-33(14-18-39)34-15-19-40(20-16-34)52(62)54-50(58)48-44(36-11-7-32(2)8-12-36)30-46(60-56(48)66-54)38-23-27-42(64-4)28-24-38/h5-30H,57-58H2,1-4H3. The number of ketones is 2. The molecule has 0 aliphatic carbocycles. The zero-order chi connectivity index (χ0) is 45.6. The van der Waals surface area contributed by atoms with Crippen LogP contribution in [0.4, 0.5) is 11.4 Å². The summed E-state index contributed by atoms with van der Waals surface area (Å²) in [6.07, 6.45) is 0. The van der Waals surface area contributed by atoms with Gasteiger partial charge in [-0.25, -0.2) is 9.97 Å². The van der Waals surface area contributed by atoms with E-state index in [9.17, 15) is 9.59 Å². The summed E-state index contributed by atoms with van der Waals surface area (Å²) in [6, 6.07) is 51.0. The summed E-state index contributed by atoms with van der Waals surface area (Å²) in [5, 5.41) is 1.52. The van der Waals surface area contributed by atoms with E-state index in [1.54, 1.807) is 14.2 Å². The molecule has 66 heavy (non-hydrogen) atoms. The highest BCUT2D eigenvalue weighted by molar-refractivity contribution is 7.22. The van der Waals surface area contributed by atoms with Crippen molar-refractivity contribution in [3.63, 3.8) is 0 Å². The molecular weight excluding hydrogens is 857 g/mol. The van der Waals surface area contributed by atoms with Gasteiger partial charge in [-0.2, -0.15) is 0 Å². The van der Waals surface area contributed by atoms with Gasteiger partial charge in [0.2, 0.25) is 11.6 Å². The van der Waals surface area contributed by atoms with Crippen molar-refractivity contribution in [2.24, 2.45) is 0 Å². The van der Waals surface area contributed by atoms with Crippen LogP contribution >= 0.6 is 22.7 Å². The fraction of sp³-hybridized carbons (Fsp3) is 0.0714. The SMILES string of the molecule is COc1ccc(-c2cc(-c3ccc(C)cc3)c3c(N)c(C(=O)c4ccc(-c5ccc(C(=O)c6sc7nc(-c8ccc(OC)cc8)cc(-c8ccc(C)cc8)c7c6N)cc5)cc4)sc3n2)cc1. The van der Waals surface area contributed by atoms with Crippen LogP contribution in [0.1, 0.15) is 41.6 Å². The van der Waals surface area contributed by atoms with Crippen LogP contribution in [0.2, 0.25) is 0 Å². The van der Waals surface area contributed by atoms with Gasteiger partial charge in [0.05, 0.1) is 37.0 Å². The second-order valence-corrected chi connectivity index (χ2v) is 18.2. The first kappa shape index (κ1) is 42.1. The number of benzene rings is 6. The van der Waals surface area contributed by atoms with Crippen molar-refractivity contribution in [2.45, 2.75) is 13.8 Å². The lowest BCUT2D eigenvalue weighted by molar-refractivity contribution is 0.103. The largest absolute Gasteiger partial charge is 0.497 e. The number of nitrogens with zero attached hydrogens (tertiary/aromatic N) is 2. The van der Waals surface area contributed by atoms with E-state index in [1.165, 1.54) is 22.7 Å². The molecule has 322 valence electrons. The highest BCUT2D eigenvalue weighted by Gasteiger charge is 2.25. The summed E-state index contributed by atoms with van der Waals surface area (Å²) in [5.41, 5.74) is 26.8. The van der Waals surface area contributed by atoms with Gasteiger partial charge in [-0.15, -0.1) is 22.7 Å². The van der Waals surface area contributed by atoms with Crippen molar-refractivity contribution in [1.82, 2.24) is 9.97 Å². The fourth-order valence-corrected chi connectivity index (χ4v) is 10.4. The highest BCUT2D eigenvalue weighted by Crippen LogP contribution is 2.44. The number of anilines is 2. The molecule has 0 aliphatic rings. The topological polar surface area (TPSA) is 130 Å². The van der Waals surface area contributed by atoms with Gasteiger partial charge in [0.25, 0.3) is 0 Å². The maximum absolute atomic E-state index is 14.2. The minimum Gasteiger partial charge on any atom is -0.497 e. The average Bonchev–Trinajstić information content (AvgIpc) is 3.89. The Morgan fingerprint density at radius 2 is 0.758 bits per heavy atom. The Kier molecular flexibility index (Phi) is 11.0. The number of aryl methyl sites for hydroxylation is 2. The number of hydrogen-bond acceptors (Lipinski definition) is 10. The van der Waals surface area contributed by atoms with Crippen LogP contribution in [0.25, 0.3) is 76.3 Å². The van der Waals surface area contributed by atoms with Crippen molar-refractivity contribution in [3.05, 3.63) is 190 Å². The van der Waals surface area contributed by atoms with Crippen molar-refractivity contribution in [1.29, 1.82) is 0 Å². The van der Waals surface area contributed by atoms with Crippen LogP contribution in [-0.2, 0) is 0 Å². The second-order valence-electron chi connectivity index (χ2n) is 16.2. The van der Waals surface area contributed by atoms with Crippen LogP contribution in [0, 0.1) is 13.8 Å². The number of thiophene rings is 2. The predicted octanol–water partition coefficient (Wildman–Crippen LogP) is 13.5. The number of pyridine rings is 2. The highest BCUT2D eigenvalue weighted by atomic mass is 32.1. The van der Waals surface area contributed by atoms with Gasteiger partial charge in [-0.05, 0) is 108 Å². The average molecular weight is 899 g/mol. The lowest BCUT2D eigenvalue weighted by Gasteiger charge is -2.10. The number of carbonyl (C=O) groups is 2. The van der Waals surface area contributed by atoms with Gasteiger partial charge in [0.15, 0.2) is 0 Å². The Labute approximate surface area is 389 Å². The monoisotopic (exact) mass is 898 g/mol. The second kappa shape index (κ2) is 17.2. The summed E-state index contributed by atoms with van der Waals surface area (Å²) < 4.78 is 10.8. The molecule has 0 atom stereocenters. The van der Waals surface area contributed by atoms with Crippen molar-refractivity contribution >= 4 is 66.0 Å². The molecule has 0 spiro atoms. The normalized spacial score (nSPS) is 11.3. The molecule has 6 aromatic carbocycles. The first-order valence-corrected chi connectivity index (χ1v) is 22.9. The fourth-order valence-electron chi connectivity index (χ4n) is 8.21. The van der Waals surface area contributed by atoms with Crippen LogP contribution in [-0.4, -0.2) is 35.8 Å². The lowest BCUT2D eigenvalue weighted by atomic mass is 9.97. The Morgan fingerprint density at radius 3 is 1.09 bits per heavy atom. The molecule has 0 aliphatic heterocycles. The van der Waals surface area contributed by atoms with Gasteiger partial charge in [-0.3, -0.25) is 9.59 Å². The molecule has 10 rings (SSSR count). The zero-order valence-corrected chi connectivity index (χ0v) is 38.1. The first-order chi connectivity index (χ1) is 32.1. The number of fused-ring (bicyclic) bond motifs is 2. The number of methoxy groups -OCH3 is 2. The van der Waals surface area contributed by atoms with E-state index in [2.05, 4.69) is 62.4 Å². The number of aromatic nitrogens is 2. The third-order valence-electron chi connectivity index (χ3n) is 11.9. The predicted molar refractivity (Wildman–Crippen MR) is 271 cm³/mol. The molecule has 0 fully saturated rings. The van der Waals surface area contributed by atoms with E-state index in [4.69, 9.17) is 30.9 Å². The van der Waals surface area contributed by atoms with E-state index < -0.39 is 0 Å². The van der Waals surface area contributed by atoms with Gasteiger partial charge in [-0.1, -0.05) is 108 Å². The Hall–Kier alpha value is -7.92. The molecule has 4 N–H and O–H groups in total. The van der Waals surface area contributed by atoms with Crippen LogP contribution in [0.15, 0.2) is 158 Å². The summed E-state index contributed by atoms with van der Waals surface area (Å²) in [6.45, 7) is 4.10.